The van der Waals surface area contributed by atoms with Crippen LogP contribution < -0.4 is 5.32 Å². The molecule has 0 radical (unpaired) electrons. The van der Waals surface area contributed by atoms with Crippen LogP contribution in [0.25, 0.3) is 0 Å². The molecule has 18 heavy (non-hydrogen) atoms. The highest BCUT2D eigenvalue weighted by Crippen LogP contribution is 2.25. The molecule has 0 aliphatic carbocycles. The van der Waals surface area contributed by atoms with Gasteiger partial charge in [0.05, 0.1) is 21.7 Å². The van der Waals surface area contributed by atoms with Crippen molar-refractivity contribution in [2.75, 3.05) is 12.3 Å². The zero-order valence-corrected chi connectivity index (χ0v) is 12.7. The number of rotatable bonds is 4. The van der Waals surface area contributed by atoms with Gasteiger partial charge in [-0.1, -0.05) is 0 Å². The number of hydrogen-bond donors (Lipinski definition) is 1. The van der Waals surface area contributed by atoms with Crippen LogP contribution in [-0.2, 0) is 9.84 Å². The summed E-state index contributed by atoms with van der Waals surface area (Å²) in [5.74, 6) is 0.354. The summed E-state index contributed by atoms with van der Waals surface area (Å²) in [6.45, 7) is 6.63. The number of thiazole rings is 1. The number of nitrogens with one attached hydrogen (secondary N) is 1. The first-order valence-electron chi connectivity index (χ1n) is 6.29. The smallest absolute Gasteiger partial charge is 0.154 e. The van der Waals surface area contributed by atoms with Crippen LogP contribution in [0.3, 0.4) is 0 Å². The van der Waals surface area contributed by atoms with Gasteiger partial charge in [0.2, 0.25) is 0 Å². The van der Waals surface area contributed by atoms with E-state index in [4.69, 9.17) is 0 Å². The average Bonchev–Trinajstić information content (AvgIpc) is 2.78. The van der Waals surface area contributed by atoms with Crippen LogP contribution in [0.2, 0.25) is 0 Å². The van der Waals surface area contributed by atoms with E-state index in [9.17, 15) is 8.42 Å². The lowest BCUT2D eigenvalue weighted by Gasteiger charge is -2.16. The second-order valence-corrected chi connectivity index (χ2v) is 8.58. The summed E-state index contributed by atoms with van der Waals surface area (Å²) >= 11 is 1.68. The Bertz CT molecular complexity index is 522. The predicted octanol–water partition coefficient (Wildman–Crippen LogP) is 1.99. The number of aryl methyl sites for hydroxylation is 2. The van der Waals surface area contributed by atoms with E-state index < -0.39 is 9.84 Å². The topological polar surface area (TPSA) is 59.1 Å². The summed E-state index contributed by atoms with van der Waals surface area (Å²) in [4.78, 5) is 5.61. The van der Waals surface area contributed by atoms with Crippen molar-refractivity contribution in [2.45, 2.75) is 44.9 Å². The molecule has 0 aromatic carbocycles. The fourth-order valence-electron chi connectivity index (χ4n) is 2.44. The fourth-order valence-corrected chi connectivity index (χ4v) is 5.17. The van der Waals surface area contributed by atoms with Crippen molar-refractivity contribution in [2.24, 2.45) is 0 Å². The Hall–Kier alpha value is -0.460. The van der Waals surface area contributed by atoms with Gasteiger partial charge in [-0.15, -0.1) is 11.3 Å². The molecule has 1 aromatic heterocycles. The normalized spacial score (nSPS) is 24.3. The third-order valence-corrected chi connectivity index (χ3v) is 6.98. The first kappa shape index (κ1) is 14.0. The standard InChI is InChI=1S/C12H20N2O2S2/c1-8(12-9(2)14-10(3)17-12)13-7-11-5-4-6-18(11,15)16/h8,11,13H,4-7H2,1-3H3. The highest BCUT2D eigenvalue weighted by atomic mass is 32.2. The van der Waals surface area contributed by atoms with Gasteiger partial charge in [-0.25, -0.2) is 13.4 Å². The van der Waals surface area contributed by atoms with Gasteiger partial charge in [0, 0.05) is 17.5 Å². The maximum atomic E-state index is 11.7. The minimum atomic E-state index is -2.84. The molecule has 1 aliphatic heterocycles. The van der Waals surface area contributed by atoms with Crippen LogP contribution in [0.5, 0.6) is 0 Å². The molecule has 0 bridgehead atoms. The van der Waals surface area contributed by atoms with E-state index in [1.165, 1.54) is 4.88 Å². The number of hydrogen-bond acceptors (Lipinski definition) is 5. The molecule has 6 heteroatoms. The molecular formula is C12H20N2O2S2. The molecule has 2 atom stereocenters. The molecule has 1 saturated heterocycles. The first-order valence-corrected chi connectivity index (χ1v) is 8.82. The Balaban J connectivity index is 1.96. The molecule has 1 aromatic rings. The van der Waals surface area contributed by atoms with E-state index in [2.05, 4.69) is 17.2 Å². The zero-order valence-electron chi connectivity index (χ0n) is 11.1. The molecule has 0 spiro atoms. The maximum Gasteiger partial charge on any atom is 0.154 e. The SMILES string of the molecule is Cc1nc(C)c(C(C)NCC2CCCS2(=O)=O)s1. The molecule has 2 rings (SSSR count). The molecule has 0 saturated carbocycles. The quantitative estimate of drug-likeness (QED) is 0.920. The van der Waals surface area contributed by atoms with E-state index in [-0.39, 0.29) is 11.3 Å². The predicted molar refractivity (Wildman–Crippen MR) is 74.8 cm³/mol. The van der Waals surface area contributed by atoms with Crippen molar-refractivity contribution in [3.05, 3.63) is 15.6 Å². The Morgan fingerprint density at radius 2 is 2.22 bits per heavy atom. The number of nitrogens with zero attached hydrogens (tertiary/aromatic N) is 1. The highest BCUT2D eigenvalue weighted by molar-refractivity contribution is 7.92. The third kappa shape index (κ3) is 2.92. The van der Waals surface area contributed by atoms with Crippen molar-refractivity contribution in [1.29, 1.82) is 0 Å². The lowest BCUT2D eigenvalue weighted by molar-refractivity contribution is 0.541. The van der Waals surface area contributed by atoms with Gasteiger partial charge in [0.25, 0.3) is 0 Å². The van der Waals surface area contributed by atoms with Crippen LogP contribution in [0.1, 0.15) is 41.4 Å². The van der Waals surface area contributed by atoms with E-state index in [0.717, 1.165) is 23.5 Å². The van der Waals surface area contributed by atoms with Crippen LogP contribution in [0.4, 0.5) is 0 Å². The van der Waals surface area contributed by atoms with Crippen LogP contribution in [-0.4, -0.2) is 30.9 Å². The largest absolute Gasteiger partial charge is 0.308 e. The zero-order chi connectivity index (χ0) is 13.3. The van der Waals surface area contributed by atoms with Gasteiger partial charge in [0.1, 0.15) is 0 Å². The Morgan fingerprint density at radius 3 is 2.72 bits per heavy atom. The van der Waals surface area contributed by atoms with Gasteiger partial charge >= 0.3 is 0 Å². The maximum absolute atomic E-state index is 11.7. The Morgan fingerprint density at radius 1 is 1.50 bits per heavy atom. The average molecular weight is 288 g/mol. The fraction of sp³-hybridized carbons (Fsp3) is 0.750. The highest BCUT2D eigenvalue weighted by Gasteiger charge is 2.31. The summed E-state index contributed by atoms with van der Waals surface area (Å²) < 4.78 is 23.5. The minimum Gasteiger partial charge on any atom is -0.308 e. The first-order chi connectivity index (χ1) is 8.40. The number of sulfone groups is 1. The van der Waals surface area contributed by atoms with Crippen molar-refractivity contribution >= 4 is 21.2 Å². The van der Waals surface area contributed by atoms with Gasteiger partial charge in [-0.2, -0.15) is 0 Å². The molecule has 4 nitrogen and oxygen atoms in total. The van der Waals surface area contributed by atoms with Gasteiger partial charge < -0.3 is 5.32 Å². The van der Waals surface area contributed by atoms with Gasteiger partial charge in [-0.05, 0) is 33.6 Å². The monoisotopic (exact) mass is 288 g/mol. The van der Waals surface area contributed by atoms with E-state index >= 15 is 0 Å². The van der Waals surface area contributed by atoms with Crippen LogP contribution in [0, 0.1) is 13.8 Å². The van der Waals surface area contributed by atoms with Crippen molar-refractivity contribution < 1.29 is 8.42 Å². The lowest BCUT2D eigenvalue weighted by Crippen LogP contribution is -2.32. The van der Waals surface area contributed by atoms with Gasteiger partial charge in [-0.3, -0.25) is 0 Å². The van der Waals surface area contributed by atoms with E-state index in [0.29, 0.717) is 12.3 Å². The molecular weight excluding hydrogens is 268 g/mol. The van der Waals surface area contributed by atoms with Crippen LogP contribution >= 0.6 is 11.3 Å². The van der Waals surface area contributed by atoms with Gasteiger partial charge in [0.15, 0.2) is 9.84 Å². The third-order valence-electron chi connectivity index (χ3n) is 3.45. The van der Waals surface area contributed by atoms with E-state index in [1.54, 1.807) is 11.3 Å². The van der Waals surface area contributed by atoms with Crippen molar-refractivity contribution in [3.63, 3.8) is 0 Å². The molecule has 1 N–H and O–H groups in total. The summed E-state index contributed by atoms with van der Waals surface area (Å²) in [5, 5.41) is 4.20. The molecule has 0 amide bonds. The second-order valence-electron chi connectivity index (χ2n) is 4.94. The summed E-state index contributed by atoms with van der Waals surface area (Å²) in [6, 6.07) is 0.173. The van der Waals surface area contributed by atoms with Crippen molar-refractivity contribution in [1.82, 2.24) is 10.3 Å². The molecule has 102 valence electrons. The minimum absolute atomic E-state index is 0.173. The molecule has 1 fully saturated rings. The summed E-state index contributed by atoms with van der Waals surface area (Å²) in [7, 11) is -2.84. The Kier molecular flexibility index (Phi) is 4.08. The van der Waals surface area contributed by atoms with Crippen molar-refractivity contribution in [3.8, 4) is 0 Å². The molecule has 2 unspecified atom stereocenters. The lowest BCUT2D eigenvalue weighted by atomic mass is 10.2. The van der Waals surface area contributed by atoms with Crippen LogP contribution in [0.15, 0.2) is 0 Å². The van der Waals surface area contributed by atoms with E-state index in [1.807, 2.05) is 13.8 Å². The Labute approximate surface area is 113 Å². The summed E-state index contributed by atoms with van der Waals surface area (Å²) in [6.07, 6.45) is 1.60. The number of aromatic nitrogens is 1. The molecule has 1 aliphatic rings. The second kappa shape index (κ2) is 5.27. The molecule has 2 heterocycles. The summed E-state index contributed by atoms with van der Waals surface area (Å²) in [5.41, 5.74) is 1.05.